The largest absolute Gasteiger partial charge is 0.207 e. The number of hydrogen-bond donors (Lipinski definition) is 0. The molecule has 0 spiro atoms. The van der Waals surface area contributed by atoms with Gasteiger partial charge in [0.15, 0.2) is 0 Å². The molecule has 0 amide bonds. The molecule has 0 nitrogen and oxygen atoms in total. The Bertz CT molecular complexity index is 588. The highest BCUT2D eigenvalue weighted by Crippen LogP contribution is 2.29. The van der Waals surface area contributed by atoms with Gasteiger partial charge in [-0.1, -0.05) is 56.5 Å². The minimum Gasteiger partial charge on any atom is -0.207 e. The van der Waals surface area contributed by atoms with Crippen LogP contribution in [0.1, 0.15) is 51.2 Å². The smallest absolute Gasteiger partial charge is 0.124 e. The van der Waals surface area contributed by atoms with Crippen LogP contribution >= 0.6 is 0 Å². The molecule has 0 atom stereocenters. The molecule has 0 aliphatic rings. The van der Waals surface area contributed by atoms with Crippen molar-refractivity contribution in [2.45, 2.75) is 40.0 Å². The molecule has 21 heavy (non-hydrogen) atoms. The topological polar surface area (TPSA) is 0 Å². The molecule has 0 heterocycles. The van der Waals surface area contributed by atoms with Gasteiger partial charge in [-0.15, -0.1) is 0 Å². The second-order valence-electron chi connectivity index (χ2n) is 5.48. The Morgan fingerprint density at radius 1 is 1.00 bits per heavy atom. The number of halogens is 1. The van der Waals surface area contributed by atoms with E-state index in [0.717, 1.165) is 34.3 Å². The van der Waals surface area contributed by atoms with Crippen LogP contribution in [-0.2, 0) is 0 Å². The van der Waals surface area contributed by atoms with E-state index in [2.05, 4.69) is 25.8 Å². The Hall–Kier alpha value is -1.89. The van der Waals surface area contributed by atoms with Gasteiger partial charge >= 0.3 is 0 Å². The molecule has 0 aliphatic heterocycles. The summed E-state index contributed by atoms with van der Waals surface area (Å²) in [5.41, 5.74) is 5.58. The average molecular weight is 284 g/mol. The van der Waals surface area contributed by atoms with Gasteiger partial charge in [-0.25, -0.2) is 4.39 Å². The second-order valence-corrected chi connectivity index (χ2v) is 5.48. The van der Waals surface area contributed by atoms with Gasteiger partial charge in [0.25, 0.3) is 0 Å². The summed E-state index contributed by atoms with van der Waals surface area (Å²) in [5, 5.41) is 0. The first-order valence-electron chi connectivity index (χ1n) is 7.34. The van der Waals surface area contributed by atoms with Gasteiger partial charge in [0.05, 0.1) is 0 Å². The summed E-state index contributed by atoms with van der Waals surface area (Å²) in [6.07, 6.45) is 2.13. The number of allylic oxidation sites excluding steroid dienone is 5. The van der Waals surface area contributed by atoms with Crippen molar-refractivity contribution < 1.29 is 4.39 Å². The molecule has 0 saturated heterocycles. The van der Waals surface area contributed by atoms with Gasteiger partial charge in [-0.2, -0.15) is 0 Å². The maximum atomic E-state index is 14.0. The van der Waals surface area contributed by atoms with Gasteiger partial charge in [0, 0.05) is 0 Å². The maximum absolute atomic E-state index is 14.0. The van der Waals surface area contributed by atoms with E-state index in [1.807, 2.05) is 32.0 Å². The van der Waals surface area contributed by atoms with Gasteiger partial charge in [0.2, 0.25) is 0 Å². The fraction of sp³-hybridized carbons (Fsp3) is 0.300. The third-order valence-corrected chi connectivity index (χ3v) is 3.61. The van der Waals surface area contributed by atoms with Crippen molar-refractivity contribution in [1.82, 2.24) is 0 Å². The van der Waals surface area contributed by atoms with Gasteiger partial charge in [-0.05, 0) is 61.0 Å². The molecule has 0 N–H and O–H groups in total. The Kier molecular flexibility index (Phi) is 6.36. The lowest BCUT2D eigenvalue weighted by Crippen LogP contribution is -1.93. The summed E-state index contributed by atoms with van der Waals surface area (Å²) < 4.78 is 14.0. The highest BCUT2D eigenvalue weighted by molar-refractivity contribution is 5.77. The summed E-state index contributed by atoms with van der Waals surface area (Å²) in [6, 6.07) is 8.10. The second kappa shape index (κ2) is 7.78. The molecule has 1 heteroatoms. The van der Waals surface area contributed by atoms with Crippen LogP contribution in [0, 0.1) is 0 Å². The normalized spacial score (nSPS) is 11.8. The molecule has 1 aromatic rings. The Morgan fingerprint density at radius 2 is 1.57 bits per heavy atom. The van der Waals surface area contributed by atoms with Crippen LogP contribution in [0.4, 0.5) is 4.39 Å². The van der Waals surface area contributed by atoms with Crippen LogP contribution < -0.4 is 0 Å². The quantitative estimate of drug-likeness (QED) is 0.487. The van der Waals surface area contributed by atoms with Crippen LogP contribution in [0.3, 0.4) is 0 Å². The molecule has 0 saturated carbocycles. The first-order valence-corrected chi connectivity index (χ1v) is 7.34. The summed E-state index contributed by atoms with van der Waals surface area (Å²) in [6.45, 7) is 17.5. The molecule has 0 radical (unpaired) electrons. The summed E-state index contributed by atoms with van der Waals surface area (Å²) >= 11 is 0. The molecule has 0 unspecified atom stereocenters. The molecule has 0 aromatic heterocycles. The minimum absolute atomic E-state index is 0.154. The van der Waals surface area contributed by atoms with Crippen LogP contribution in [0.5, 0.6) is 0 Å². The summed E-state index contributed by atoms with van der Waals surface area (Å²) in [5.74, 6) is -0.154. The zero-order chi connectivity index (χ0) is 16.0. The predicted octanol–water partition coefficient (Wildman–Crippen LogP) is 6.72. The highest BCUT2D eigenvalue weighted by atomic mass is 19.1. The zero-order valence-electron chi connectivity index (χ0n) is 13.4. The molecular weight excluding hydrogens is 259 g/mol. The number of hydrogen-bond acceptors (Lipinski definition) is 0. The van der Waals surface area contributed by atoms with Crippen molar-refractivity contribution in [3.8, 4) is 0 Å². The van der Waals surface area contributed by atoms with Crippen molar-refractivity contribution in [3.05, 3.63) is 72.1 Å². The Labute approximate surface area is 128 Å². The van der Waals surface area contributed by atoms with Crippen LogP contribution in [-0.4, -0.2) is 0 Å². The lowest BCUT2D eigenvalue weighted by Gasteiger charge is -2.13. The third-order valence-electron chi connectivity index (χ3n) is 3.61. The van der Waals surface area contributed by atoms with E-state index in [9.17, 15) is 4.39 Å². The van der Waals surface area contributed by atoms with Crippen molar-refractivity contribution in [2.24, 2.45) is 0 Å². The van der Waals surface area contributed by atoms with E-state index < -0.39 is 0 Å². The van der Waals surface area contributed by atoms with E-state index in [1.54, 1.807) is 6.92 Å². The average Bonchev–Trinajstić information content (AvgIpc) is 2.47. The molecule has 1 rings (SSSR count). The van der Waals surface area contributed by atoms with E-state index in [-0.39, 0.29) is 5.83 Å². The molecule has 0 fully saturated rings. The van der Waals surface area contributed by atoms with Gasteiger partial charge in [0.1, 0.15) is 5.83 Å². The van der Waals surface area contributed by atoms with Crippen LogP contribution in [0.15, 0.2) is 61.0 Å². The van der Waals surface area contributed by atoms with Crippen molar-refractivity contribution in [2.75, 3.05) is 0 Å². The fourth-order valence-electron chi connectivity index (χ4n) is 2.34. The lowest BCUT2D eigenvalue weighted by molar-refractivity contribution is 0.623. The molecule has 1 aromatic carbocycles. The molecule has 0 bridgehead atoms. The molecule has 112 valence electrons. The molecule has 0 aliphatic carbocycles. The Morgan fingerprint density at radius 3 is 2.05 bits per heavy atom. The van der Waals surface area contributed by atoms with Crippen molar-refractivity contribution >= 4 is 11.1 Å². The number of benzene rings is 1. The monoisotopic (exact) mass is 284 g/mol. The van der Waals surface area contributed by atoms with E-state index in [0.29, 0.717) is 18.4 Å². The van der Waals surface area contributed by atoms with Crippen molar-refractivity contribution in [1.29, 1.82) is 0 Å². The lowest BCUT2D eigenvalue weighted by atomic mass is 9.92. The SMILES string of the molecule is C=C(C)/C(F)=C(\CC)CCC(=C)c1ccccc1C(=C)C. The minimum atomic E-state index is -0.154. The fourth-order valence-corrected chi connectivity index (χ4v) is 2.34. The highest BCUT2D eigenvalue weighted by Gasteiger charge is 2.10. The standard InChI is InChI=1S/C20H25F/c1-7-17(20(21)15(4)5)13-12-16(6)19-11-9-8-10-18(19)14(2)3/h8-11H,2,4,6-7,12-13H2,1,3,5H3/b20-17-. The summed E-state index contributed by atoms with van der Waals surface area (Å²) in [7, 11) is 0. The first kappa shape index (κ1) is 17.2. The molecular formula is C20H25F. The van der Waals surface area contributed by atoms with E-state index >= 15 is 0 Å². The maximum Gasteiger partial charge on any atom is 0.124 e. The van der Waals surface area contributed by atoms with Crippen LogP contribution in [0.2, 0.25) is 0 Å². The predicted molar refractivity (Wildman–Crippen MR) is 92.7 cm³/mol. The Balaban J connectivity index is 2.91. The summed E-state index contributed by atoms with van der Waals surface area (Å²) in [4.78, 5) is 0. The first-order chi connectivity index (χ1) is 9.88. The third kappa shape index (κ3) is 4.56. The van der Waals surface area contributed by atoms with E-state index in [1.165, 1.54) is 0 Å². The zero-order valence-corrected chi connectivity index (χ0v) is 13.4. The number of rotatable bonds is 7. The van der Waals surface area contributed by atoms with Gasteiger partial charge < -0.3 is 0 Å². The van der Waals surface area contributed by atoms with Crippen molar-refractivity contribution in [3.63, 3.8) is 0 Å². The van der Waals surface area contributed by atoms with Crippen LogP contribution in [0.25, 0.3) is 11.1 Å². The van der Waals surface area contributed by atoms with E-state index in [4.69, 9.17) is 0 Å². The van der Waals surface area contributed by atoms with Gasteiger partial charge in [-0.3, -0.25) is 0 Å².